The number of rotatable bonds is 2. The molecular formula is C7H16ClNO. The third-order valence-corrected chi connectivity index (χ3v) is 1.97. The highest BCUT2D eigenvalue weighted by molar-refractivity contribution is 5.85. The lowest BCUT2D eigenvalue weighted by atomic mass is 9.99. The van der Waals surface area contributed by atoms with Crippen LogP contribution >= 0.6 is 12.4 Å². The number of hydrogen-bond acceptors (Lipinski definition) is 2. The SMILES string of the molecule is CC1(CCN)CCCO1.Cl. The highest BCUT2D eigenvalue weighted by Crippen LogP contribution is 2.27. The van der Waals surface area contributed by atoms with E-state index in [4.69, 9.17) is 10.5 Å². The second-order valence-electron chi connectivity index (χ2n) is 2.94. The Bertz CT molecular complexity index is 91.6. The van der Waals surface area contributed by atoms with Crippen LogP contribution in [0.5, 0.6) is 0 Å². The van der Waals surface area contributed by atoms with E-state index in [1.807, 2.05) is 0 Å². The highest BCUT2D eigenvalue weighted by atomic mass is 35.5. The molecule has 1 unspecified atom stereocenters. The zero-order chi connectivity index (χ0) is 6.74. The van der Waals surface area contributed by atoms with Gasteiger partial charge in [-0.3, -0.25) is 0 Å². The van der Waals surface area contributed by atoms with Gasteiger partial charge >= 0.3 is 0 Å². The van der Waals surface area contributed by atoms with E-state index < -0.39 is 0 Å². The molecular weight excluding hydrogens is 150 g/mol. The fourth-order valence-electron chi connectivity index (χ4n) is 1.34. The highest BCUT2D eigenvalue weighted by Gasteiger charge is 2.28. The molecule has 0 saturated carbocycles. The summed E-state index contributed by atoms with van der Waals surface area (Å²) in [4.78, 5) is 0. The van der Waals surface area contributed by atoms with Gasteiger partial charge in [-0.1, -0.05) is 0 Å². The smallest absolute Gasteiger partial charge is 0.0667 e. The van der Waals surface area contributed by atoms with Crippen LogP contribution in [0, 0.1) is 0 Å². The minimum Gasteiger partial charge on any atom is -0.375 e. The molecule has 3 heteroatoms. The number of hydrogen-bond donors (Lipinski definition) is 1. The Morgan fingerprint density at radius 1 is 1.60 bits per heavy atom. The molecule has 10 heavy (non-hydrogen) atoms. The predicted molar refractivity (Wildman–Crippen MR) is 44.5 cm³/mol. The maximum absolute atomic E-state index is 5.50. The lowest BCUT2D eigenvalue weighted by Crippen LogP contribution is -2.26. The van der Waals surface area contributed by atoms with Gasteiger partial charge in [0.2, 0.25) is 0 Å². The molecule has 1 aliphatic heterocycles. The van der Waals surface area contributed by atoms with Gasteiger partial charge in [0.15, 0.2) is 0 Å². The molecule has 0 bridgehead atoms. The summed E-state index contributed by atoms with van der Waals surface area (Å²) in [6.07, 6.45) is 3.40. The van der Waals surface area contributed by atoms with Crippen molar-refractivity contribution >= 4 is 12.4 Å². The maximum atomic E-state index is 5.50. The molecule has 1 fully saturated rings. The van der Waals surface area contributed by atoms with Crippen molar-refractivity contribution in [1.82, 2.24) is 0 Å². The molecule has 62 valence electrons. The van der Waals surface area contributed by atoms with Gasteiger partial charge in [0, 0.05) is 6.61 Å². The Kier molecular flexibility index (Phi) is 4.25. The minimum atomic E-state index is 0. The van der Waals surface area contributed by atoms with Gasteiger partial charge in [-0.15, -0.1) is 12.4 Å². The molecule has 0 aromatic rings. The molecule has 2 nitrogen and oxygen atoms in total. The van der Waals surface area contributed by atoms with Gasteiger partial charge in [-0.05, 0) is 32.7 Å². The third-order valence-electron chi connectivity index (χ3n) is 1.97. The summed E-state index contributed by atoms with van der Waals surface area (Å²) in [5.74, 6) is 0. The normalized spacial score (nSPS) is 31.8. The average molecular weight is 166 g/mol. The Labute approximate surface area is 68.5 Å². The van der Waals surface area contributed by atoms with Crippen LogP contribution in [0.4, 0.5) is 0 Å². The molecule has 0 aromatic carbocycles. The fourth-order valence-corrected chi connectivity index (χ4v) is 1.34. The Balaban J connectivity index is 0.000000810. The molecule has 1 atom stereocenters. The Morgan fingerprint density at radius 3 is 2.70 bits per heavy atom. The first-order chi connectivity index (χ1) is 4.27. The summed E-state index contributed by atoms with van der Waals surface area (Å²) in [6, 6.07) is 0. The van der Waals surface area contributed by atoms with E-state index in [-0.39, 0.29) is 18.0 Å². The molecule has 1 heterocycles. The molecule has 0 aromatic heterocycles. The van der Waals surface area contributed by atoms with E-state index in [0.29, 0.717) is 0 Å². The van der Waals surface area contributed by atoms with Crippen molar-refractivity contribution in [2.45, 2.75) is 31.8 Å². The van der Waals surface area contributed by atoms with Crippen molar-refractivity contribution in [1.29, 1.82) is 0 Å². The Hall–Kier alpha value is 0.210. The predicted octanol–water partition coefficient (Wildman–Crippen LogP) is 1.33. The van der Waals surface area contributed by atoms with Gasteiger partial charge in [0.1, 0.15) is 0 Å². The summed E-state index contributed by atoms with van der Waals surface area (Å²) < 4.78 is 5.50. The molecule has 0 aliphatic carbocycles. The summed E-state index contributed by atoms with van der Waals surface area (Å²) in [7, 11) is 0. The van der Waals surface area contributed by atoms with Crippen LogP contribution in [0.3, 0.4) is 0 Å². The van der Waals surface area contributed by atoms with Gasteiger partial charge in [0.25, 0.3) is 0 Å². The molecule has 1 rings (SSSR count). The van der Waals surface area contributed by atoms with E-state index in [1.165, 1.54) is 12.8 Å². The quantitative estimate of drug-likeness (QED) is 0.670. The first-order valence-corrected chi connectivity index (χ1v) is 3.61. The first-order valence-electron chi connectivity index (χ1n) is 3.61. The largest absolute Gasteiger partial charge is 0.375 e. The molecule has 0 spiro atoms. The van der Waals surface area contributed by atoms with Crippen molar-refractivity contribution in [2.75, 3.05) is 13.2 Å². The first kappa shape index (κ1) is 10.2. The van der Waals surface area contributed by atoms with Crippen molar-refractivity contribution in [2.24, 2.45) is 5.73 Å². The average Bonchev–Trinajstić information content (AvgIpc) is 2.16. The second kappa shape index (κ2) is 4.16. The van der Waals surface area contributed by atoms with Crippen molar-refractivity contribution in [3.63, 3.8) is 0 Å². The zero-order valence-electron chi connectivity index (χ0n) is 6.43. The summed E-state index contributed by atoms with van der Waals surface area (Å²) in [5.41, 5.74) is 5.53. The standard InChI is InChI=1S/C7H15NO.ClH/c1-7(4-5-8)3-2-6-9-7;/h2-6,8H2,1H3;1H. The van der Waals surface area contributed by atoms with Crippen LogP contribution in [-0.4, -0.2) is 18.8 Å². The van der Waals surface area contributed by atoms with Crippen LogP contribution in [-0.2, 0) is 4.74 Å². The molecule has 2 N–H and O–H groups in total. The van der Waals surface area contributed by atoms with E-state index >= 15 is 0 Å². The van der Waals surface area contributed by atoms with Crippen LogP contribution in [0.25, 0.3) is 0 Å². The van der Waals surface area contributed by atoms with Gasteiger partial charge in [-0.25, -0.2) is 0 Å². The third kappa shape index (κ3) is 2.45. The van der Waals surface area contributed by atoms with Crippen LogP contribution in [0.1, 0.15) is 26.2 Å². The van der Waals surface area contributed by atoms with Gasteiger partial charge < -0.3 is 10.5 Å². The number of nitrogens with two attached hydrogens (primary N) is 1. The number of ether oxygens (including phenoxy) is 1. The van der Waals surface area contributed by atoms with Gasteiger partial charge in [0.05, 0.1) is 5.60 Å². The lowest BCUT2D eigenvalue weighted by molar-refractivity contribution is 0.0154. The summed E-state index contributed by atoms with van der Waals surface area (Å²) >= 11 is 0. The lowest BCUT2D eigenvalue weighted by Gasteiger charge is -2.21. The number of halogens is 1. The van der Waals surface area contributed by atoms with E-state index in [0.717, 1.165) is 19.6 Å². The van der Waals surface area contributed by atoms with Crippen LogP contribution in [0.2, 0.25) is 0 Å². The van der Waals surface area contributed by atoms with Crippen molar-refractivity contribution in [3.05, 3.63) is 0 Å². The van der Waals surface area contributed by atoms with Crippen LogP contribution in [0.15, 0.2) is 0 Å². The van der Waals surface area contributed by atoms with Crippen molar-refractivity contribution < 1.29 is 4.74 Å². The van der Waals surface area contributed by atoms with Crippen molar-refractivity contribution in [3.8, 4) is 0 Å². The molecule has 1 aliphatic rings. The van der Waals surface area contributed by atoms with Gasteiger partial charge in [-0.2, -0.15) is 0 Å². The van der Waals surface area contributed by atoms with Crippen LogP contribution < -0.4 is 5.73 Å². The summed E-state index contributed by atoms with van der Waals surface area (Å²) in [6.45, 7) is 3.82. The zero-order valence-corrected chi connectivity index (χ0v) is 7.25. The maximum Gasteiger partial charge on any atom is 0.0667 e. The second-order valence-corrected chi connectivity index (χ2v) is 2.94. The molecule has 1 saturated heterocycles. The summed E-state index contributed by atoms with van der Waals surface area (Å²) in [5, 5.41) is 0. The van der Waals surface area contributed by atoms with E-state index in [2.05, 4.69) is 6.92 Å². The topological polar surface area (TPSA) is 35.2 Å². The minimum absolute atomic E-state index is 0. The fraction of sp³-hybridized carbons (Fsp3) is 1.00. The van der Waals surface area contributed by atoms with E-state index in [1.54, 1.807) is 0 Å². The monoisotopic (exact) mass is 165 g/mol. The molecule has 0 amide bonds. The molecule has 0 radical (unpaired) electrons. The Morgan fingerprint density at radius 2 is 2.30 bits per heavy atom. The van der Waals surface area contributed by atoms with E-state index in [9.17, 15) is 0 Å².